The van der Waals surface area contributed by atoms with Crippen LogP contribution in [0.1, 0.15) is 18.4 Å². The van der Waals surface area contributed by atoms with Crippen molar-refractivity contribution in [3.05, 3.63) is 59.7 Å². The number of nitrogens with zero attached hydrogens (tertiary/aromatic N) is 2. The molecule has 2 aromatic rings. The van der Waals surface area contributed by atoms with Gasteiger partial charge in [-0.1, -0.05) is 18.2 Å². The van der Waals surface area contributed by atoms with Crippen molar-refractivity contribution in [2.45, 2.75) is 19.4 Å². The molecule has 0 spiro atoms. The van der Waals surface area contributed by atoms with Crippen LogP contribution >= 0.6 is 0 Å². The molecule has 0 radical (unpaired) electrons. The summed E-state index contributed by atoms with van der Waals surface area (Å²) in [4.78, 5) is 27.7. The van der Waals surface area contributed by atoms with Gasteiger partial charge in [0.15, 0.2) is 0 Å². The lowest BCUT2D eigenvalue weighted by Crippen LogP contribution is -2.31. The second kappa shape index (κ2) is 8.26. The number of benzene rings is 2. The third kappa shape index (κ3) is 4.68. The van der Waals surface area contributed by atoms with Gasteiger partial charge in [0.1, 0.15) is 11.6 Å². The summed E-state index contributed by atoms with van der Waals surface area (Å²) >= 11 is 0. The maximum Gasteiger partial charge on any atom is 0.238 e. The number of likely N-dealkylation sites (N-methyl/N-ethyl adjacent to an activating group) is 1. The molecule has 1 fully saturated rings. The summed E-state index contributed by atoms with van der Waals surface area (Å²) in [5, 5.41) is 2.82. The summed E-state index contributed by atoms with van der Waals surface area (Å²) in [5.74, 6) is -1.51. The van der Waals surface area contributed by atoms with E-state index in [1.165, 1.54) is 12.1 Å². The van der Waals surface area contributed by atoms with E-state index in [1.807, 2.05) is 6.07 Å². The van der Waals surface area contributed by atoms with Crippen molar-refractivity contribution >= 4 is 23.2 Å². The Labute approximate surface area is 156 Å². The number of para-hydroxylation sites is 2. The molecule has 27 heavy (non-hydrogen) atoms. The third-order valence-electron chi connectivity index (χ3n) is 4.41. The maximum absolute atomic E-state index is 13.8. The first kappa shape index (κ1) is 19.0. The average molecular weight is 373 g/mol. The van der Waals surface area contributed by atoms with Gasteiger partial charge >= 0.3 is 0 Å². The van der Waals surface area contributed by atoms with Gasteiger partial charge in [-0.15, -0.1) is 0 Å². The molecule has 0 saturated carbocycles. The van der Waals surface area contributed by atoms with Crippen LogP contribution in [0.25, 0.3) is 0 Å². The number of rotatable bonds is 6. The predicted octanol–water partition coefficient (Wildman–Crippen LogP) is 3.16. The van der Waals surface area contributed by atoms with E-state index in [0.717, 1.165) is 12.5 Å². The Morgan fingerprint density at radius 1 is 1.22 bits per heavy atom. The molecule has 7 heteroatoms. The predicted molar refractivity (Wildman–Crippen MR) is 99.4 cm³/mol. The topological polar surface area (TPSA) is 52.7 Å². The zero-order valence-electron chi connectivity index (χ0n) is 15.0. The molecule has 1 heterocycles. The van der Waals surface area contributed by atoms with E-state index >= 15 is 0 Å². The Bertz CT molecular complexity index is 857. The van der Waals surface area contributed by atoms with Crippen LogP contribution in [0.4, 0.5) is 20.2 Å². The Kier molecular flexibility index (Phi) is 5.81. The molecule has 1 saturated heterocycles. The second-order valence-corrected chi connectivity index (χ2v) is 6.62. The number of hydrogen-bond acceptors (Lipinski definition) is 3. The van der Waals surface area contributed by atoms with Crippen LogP contribution in [-0.2, 0) is 16.1 Å². The first-order valence-corrected chi connectivity index (χ1v) is 8.76. The molecule has 0 aromatic heterocycles. The molecule has 1 aliphatic heterocycles. The van der Waals surface area contributed by atoms with Gasteiger partial charge in [0.05, 0.1) is 17.9 Å². The van der Waals surface area contributed by atoms with Crippen LogP contribution in [0.2, 0.25) is 0 Å². The molecule has 1 N–H and O–H groups in total. The SMILES string of the molecule is CN(CC(=O)Nc1ccccc1N1CCCC1=O)Cc1ccc(F)cc1F. The number of amides is 2. The molecule has 142 valence electrons. The van der Waals surface area contributed by atoms with Crippen molar-refractivity contribution in [2.75, 3.05) is 30.4 Å². The highest BCUT2D eigenvalue weighted by atomic mass is 19.1. The van der Waals surface area contributed by atoms with Crippen molar-refractivity contribution in [3.63, 3.8) is 0 Å². The lowest BCUT2D eigenvalue weighted by Gasteiger charge is -2.21. The smallest absolute Gasteiger partial charge is 0.238 e. The maximum atomic E-state index is 13.8. The third-order valence-corrected chi connectivity index (χ3v) is 4.41. The number of carbonyl (C=O) groups is 2. The van der Waals surface area contributed by atoms with Crippen LogP contribution in [0.15, 0.2) is 42.5 Å². The number of nitrogens with one attached hydrogen (secondary N) is 1. The van der Waals surface area contributed by atoms with E-state index in [4.69, 9.17) is 0 Å². The zero-order chi connectivity index (χ0) is 19.4. The highest BCUT2D eigenvalue weighted by Crippen LogP contribution is 2.29. The summed E-state index contributed by atoms with van der Waals surface area (Å²) in [6, 6.07) is 10.5. The monoisotopic (exact) mass is 373 g/mol. The fraction of sp³-hybridized carbons (Fsp3) is 0.300. The number of hydrogen-bond donors (Lipinski definition) is 1. The molecule has 0 aliphatic carbocycles. The summed E-state index contributed by atoms with van der Waals surface area (Å²) in [7, 11) is 1.68. The van der Waals surface area contributed by atoms with E-state index in [1.54, 1.807) is 35.0 Å². The fourth-order valence-electron chi connectivity index (χ4n) is 3.15. The molecule has 3 rings (SSSR count). The number of carbonyl (C=O) groups excluding carboxylic acids is 2. The van der Waals surface area contributed by atoms with Crippen LogP contribution in [0, 0.1) is 11.6 Å². The van der Waals surface area contributed by atoms with Gasteiger partial charge in [-0.2, -0.15) is 0 Å². The van der Waals surface area contributed by atoms with E-state index in [2.05, 4.69) is 5.32 Å². The van der Waals surface area contributed by atoms with Gasteiger partial charge in [-0.05, 0) is 31.7 Å². The molecule has 1 aliphatic rings. The standard InChI is InChI=1S/C20H21F2N3O2/c1-24(12-14-8-9-15(21)11-16(14)22)13-19(26)23-17-5-2-3-6-18(17)25-10-4-7-20(25)27/h2-3,5-6,8-9,11H,4,7,10,12-13H2,1H3,(H,23,26). The van der Waals surface area contributed by atoms with Crippen molar-refractivity contribution in [3.8, 4) is 0 Å². The van der Waals surface area contributed by atoms with Gasteiger partial charge in [-0.25, -0.2) is 8.78 Å². The van der Waals surface area contributed by atoms with E-state index in [0.29, 0.717) is 29.9 Å². The summed E-state index contributed by atoms with van der Waals surface area (Å²) < 4.78 is 26.7. The molecule has 0 atom stereocenters. The molecule has 2 amide bonds. The fourth-order valence-corrected chi connectivity index (χ4v) is 3.15. The Hall–Kier alpha value is -2.80. The normalized spacial score (nSPS) is 14.1. The molecule has 5 nitrogen and oxygen atoms in total. The zero-order valence-corrected chi connectivity index (χ0v) is 15.0. The van der Waals surface area contributed by atoms with Crippen molar-refractivity contribution in [2.24, 2.45) is 0 Å². The highest BCUT2D eigenvalue weighted by molar-refractivity contribution is 6.02. The average Bonchev–Trinajstić information content (AvgIpc) is 3.03. The van der Waals surface area contributed by atoms with Crippen LogP contribution in [-0.4, -0.2) is 36.9 Å². The lowest BCUT2D eigenvalue weighted by atomic mass is 10.2. The van der Waals surface area contributed by atoms with E-state index < -0.39 is 11.6 Å². The minimum absolute atomic E-state index is 0.0269. The molecule has 0 unspecified atom stereocenters. The van der Waals surface area contributed by atoms with Crippen LogP contribution < -0.4 is 10.2 Å². The summed E-state index contributed by atoms with van der Waals surface area (Å²) in [6.45, 7) is 0.834. The number of anilines is 2. The van der Waals surface area contributed by atoms with Crippen LogP contribution in [0.5, 0.6) is 0 Å². The van der Waals surface area contributed by atoms with E-state index in [9.17, 15) is 18.4 Å². The van der Waals surface area contributed by atoms with Crippen molar-refractivity contribution in [1.29, 1.82) is 0 Å². The van der Waals surface area contributed by atoms with Crippen molar-refractivity contribution in [1.82, 2.24) is 4.90 Å². The minimum atomic E-state index is -0.639. The minimum Gasteiger partial charge on any atom is -0.323 e. The Morgan fingerprint density at radius 2 is 2.00 bits per heavy atom. The van der Waals surface area contributed by atoms with Gasteiger partial charge in [0.25, 0.3) is 0 Å². The van der Waals surface area contributed by atoms with Gasteiger partial charge in [0.2, 0.25) is 11.8 Å². The van der Waals surface area contributed by atoms with Gasteiger partial charge in [-0.3, -0.25) is 14.5 Å². The summed E-state index contributed by atoms with van der Waals surface area (Å²) in [6.07, 6.45) is 1.31. The number of halogens is 2. The first-order valence-electron chi connectivity index (χ1n) is 8.76. The van der Waals surface area contributed by atoms with E-state index in [-0.39, 0.29) is 24.9 Å². The largest absolute Gasteiger partial charge is 0.323 e. The molecular weight excluding hydrogens is 352 g/mol. The quantitative estimate of drug-likeness (QED) is 0.846. The highest BCUT2D eigenvalue weighted by Gasteiger charge is 2.24. The molecular formula is C20H21F2N3O2. The Balaban J connectivity index is 1.63. The van der Waals surface area contributed by atoms with Gasteiger partial charge < -0.3 is 10.2 Å². The second-order valence-electron chi connectivity index (χ2n) is 6.62. The summed E-state index contributed by atoms with van der Waals surface area (Å²) in [5.41, 5.74) is 1.56. The van der Waals surface area contributed by atoms with Crippen molar-refractivity contribution < 1.29 is 18.4 Å². The molecule has 2 aromatic carbocycles. The van der Waals surface area contributed by atoms with Gasteiger partial charge in [0, 0.05) is 31.1 Å². The lowest BCUT2D eigenvalue weighted by molar-refractivity contribution is -0.118. The first-order chi connectivity index (χ1) is 12.9. The molecule has 0 bridgehead atoms. The van der Waals surface area contributed by atoms with Crippen LogP contribution in [0.3, 0.4) is 0 Å². The Morgan fingerprint density at radius 3 is 2.70 bits per heavy atom.